The molecule has 102 valence electrons. The summed E-state index contributed by atoms with van der Waals surface area (Å²) in [7, 11) is 0. The van der Waals surface area contributed by atoms with E-state index in [1.165, 1.54) is 11.1 Å². The molecule has 0 aliphatic carbocycles. The minimum Gasteiger partial charge on any atom is -0.339 e. The van der Waals surface area contributed by atoms with Crippen LogP contribution in [0.15, 0.2) is 28.8 Å². The van der Waals surface area contributed by atoms with Crippen LogP contribution in [0.1, 0.15) is 36.7 Å². The molecule has 0 saturated carbocycles. The van der Waals surface area contributed by atoms with Gasteiger partial charge in [0, 0.05) is 25.4 Å². The van der Waals surface area contributed by atoms with E-state index in [2.05, 4.69) is 48.4 Å². The molecule has 0 unspecified atom stereocenters. The molecule has 0 aliphatic heterocycles. The first-order chi connectivity index (χ1) is 9.15. The third-order valence-corrected chi connectivity index (χ3v) is 3.01. The van der Waals surface area contributed by atoms with Gasteiger partial charge in [-0.15, -0.1) is 0 Å². The Kier molecular flexibility index (Phi) is 4.68. The van der Waals surface area contributed by atoms with Crippen molar-refractivity contribution in [2.45, 2.75) is 39.7 Å². The Hall–Kier alpha value is -1.68. The van der Waals surface area contributed by atoms with Crippen molar-refractivity contribution >= 4 is 0 Å². The van der Waals surface area contributed by atoms with Gasteiger partial charge in [0.05, 0.1) is 0 Å². The molecule has 2 aromatic rings. The van der Waals surface area contributed by atoms with Gasteiger partial charge in [0.1, 0.15) is 0 Å². The SMILES string of the molecule is Cc1ccccc1Cc1noc(CCNC(C)C)n1. The van der Waals surface area contributed by atoms with Gasteiger partial charge in [0.25, 0.3) is 0 Å². The number of hydrogen-bond donors (Lipinski definition) is 1. The van der Waals surface area contributed by atoms with Crippen molar-refractivity contribution in [3.05, 3.63) is 47.1 Å². The van der Waals surface area contributed by atoms with Crippen molar-refractivity contribution < 1.29 is 4.52 Å². The van der Waals surface area contributed by atoms with E-state index in [1.807, 2.05) is 12.1 Å². The summed E-state index contributed by atoms with van der Waals surface area (Å²) in [5.74, 6) is 1.46. The molecule has 1 N–H and O–H groups in total. The number of aromatic nitrogens is 2. The Morgan fingerprint density at radius 1 is 1.26 bits per heavy atom. The average molecular weight is 259 g/mol. The fourth-order valence-electron chi connectivity index (χ4n) is 1.91. The summed E-state index contributed by atoms with van der Waals surface area (Å²) in [4.78, 5) is 4.43. The number of rotatable bonds is 6. The highest BCUT2D eigenvalue weighted by Crippen LogP contribution is 2.11. The van der Waals surface area contributed by atoms with Crippen molar-refractivity contribution in [1.82, 2.24) is 15.5 Å². The first-order valence-electron chi connectivity index (χ1n) is 6.74. The van der Waals surface area contributed by atoms with Gasteiger partial charge in [0.2, 0.25) is 5.89 Å². The summed E-state index contributed by atoms with van der Waals surface area (Å²) in [5.41, 5.74) is 2.51. The molecule has 1 aromatic carbocycles. The lowest BCUT2D eigenvalue weighted by Gasteiger charge is -2.04. The van der Waals surface area contributed by atoms with Crippen molar-refractivity contribution in [1.29, 1.82) is 0 Å². The van der Waals surface area contributed by atoms with Gasteiger partial charge in [-0.1, -0.05) is 43.3 Å². The van der Waals surface area contributed by atoms with Gasteiger partial charge in [-0.25, -0.2) is 0 Å². The van der Waals surface area contributed by atoms with Crippen LogP contribution >= 0.6 is 0 Å². The first kappa shape index (κ1) is 13.7. The molecule has 0 fully saturated rings. The molecule has 0 amide bonds. The van der Waals surface area contributed by atoms with Gasteiger partial charge in [-0.2, -0.15) is 4.98 Å². The van der Waals surface area contributed by atoms with Crippen molar-refractivity contribution in [3.63, 3.8) is 0 Å². The first-order valence-corrected chi connectivity index (χ1v) is 6.74. The molecular formula is C15H21N3O. The lowest BCUT2D eigenvalue weighted by Crippen LogP contribution is -2.25. The zero-order chi connectivity index (χ0) is 13.7. The number of nitrogens with one attached hydrogen (secondary N) is 1. The Labute approximate surface area is 114 Å². The number of nitrogens with zero attached hydrogens (tertiary/aromatic N) is 2. The molecule has 4 heteroatoms. The molecule has 0 bridgehead atoms. The Morgan fingerprint density at radius 2 is 2.05 bits per heavy atom. The standard InChI is InChI=1S/C15H21N3O/c1-11(2)16-9-8-15-17-14(18-19-15)10-13-7-5-4-6-12(13)3/h4-7,11,16H,8-10H2,1-3H3. The third-order valence-electron chi connectivity index (χ3n) is 3.01. The molecule has 0 atom stereocenters. The van der Waals surface area contributed by atoms with Crippen LogP contribution in [0.3, 0.4) is 0 Å². The van der Waals surface area contributed by atoms with Crippen LogP contribution in [0.25, 0.3) is 0 Å². The van der Waals surface area contributed by atoms with E-state index < -0.39 is 0 Å². The quantitative estimate of drug-likeness (QED) is 0.866. The van der Waals surface area contributed by atoms with Gasteiger partial charge >= 0.3 is 0 Å². The maximum atomic E-state index is 5.26. The maximum absolute atomic E-state index is 5.26. The zero-order valence-corrected chi connectivity index (χ0v) is 11.8. The van der Waals surface area contributed by atoms with Crippen LogP contribution in [-0.2, 0) is 12.8 Å². The maximum Gasteiger partial charge on any atom is 0.227 e. The fraction of sp³-hybridized carbons (Fsp3) is 0.467. The second-order valence-electron chi connectivity index (χ2n) is 5.07. The molecule has 19 heavy (non-hydrogen) atoms. The van der Waals surface area contributed by atoms with E-state index in [0.717, 1.165) is 25.2 Å². The second kappa shape index (κ2) is 6.48. The van der Waals surface area contributed by atoms with Crippen LogP contribution in [0, 0.1) is 6.92 Å². The minimum absolute atomic E-state index is 0.481. The van der Waals surface area contributed by atoms with E-state index >= 15 is 0 Å². The summed E-state index contributed by atoms with van der Waals surface area (Å²) in [6.07, 6.45) is 1.51. The minimum atomic E-state index is 0.481. The predicted molar refractivity (Wildman–Crippen MR) is 75.1 cm³/mol. The topological polar surface area (TPSA) is 51.0 Å². The molecule has 2 rings (SSSR count). The van der Waals surface area contributed by atoms with E-state index in [0.29, 0.717) is 11.9 Å². The summed E-state index contributed by atoms with van der Waals surface area (Å²) < 4.78 is 5.26. The highest BCUT2D eigenvalue weighted by molar-refractivity contribution is 5.27. The van der Waals surface area contributed by atoms with E-state index in [4.69, 9.17) is 4.52 Å². The highest BCUT2D eigenvalue weighted by Gasteiger charge is 2.08. The number of hydrogen-bond acceptors (Lipinski definition) is 4. The van der Waals surface area contributed by atoms with Crippen molar-refractivity contribution in [2.75, 3.05) is 6.54 Å². The average Bonchev–Trinajstić information content (AvgIpc) is 2.79. The van der Waals surface area contributed by atoms with E-state index in [1.54, 1.807) is 0 Å². The lowest BCUT2D eigenvalue weighted by atomic mass is 10.1. The van der Waals surface area contributed by atoms with Gasteiger partial charge < -0.3 is 9.84 Å². The molecule has 0 aliphatic rings. The van der Waals surface area contributed by atoms with Gasteiger partial charge in [-0.3, -0.25) is 0 Å². The van der Waals surface area contributed by atoms with Gasteiger partial charge in [0.15, 0.2) is 5.82 Å². The molecule has 1 aromatic heterocycles. The normalized spacial score (nSPS) is 11.2. The smallest absolute Gasteiger partial charge is 0.227 e. The molecule has 0 spiro atoms. The van der Waals surface area contributed by atoms with Crippen LogP contribution in [0.5, 0.6) is 0 Å². The zero-order valence-electron chi connectivity index (χ0n) is 11.8. The molecule has 0 radical (unpaired) electrons. The van der Waals surface area contributed by atoms with Crippen LogP contribution in [0.2, 0.25) is 0 Å². The van der Waals surface area contributed by atoms with Crippen molar-refractivity contribution in [2.24, 2.45) is 0 Å². The lowest BCUT2D eigenvalue weighted by molar-refractivity contribution is 0.369. The van der Waals surface area contributed by atoms with Crippen LogP contribution in [0.4, 0.5) is 0 Å². The third kappa shape index (κ3) is 4.17. The summed E-state index contributed by atoms with van der Waals surface area (Å²) >= 11 is 0. The Morgan fingerprint density at radius 3 is 2.79 bits per heavy atom. The van der Waals surface area contributed by atoms with Crippen molar-refractivity contribution in [3.8, 4) is 0 Å². The van der Waals surface area contributed by atoms with Crippen LogP contribution < -0.4 is 5.32 Å². The Balaban J connectivity index is 1.92. The van der Waals surface area contributed by atoms with E-state index in [9.17, 15) is 0 Å². The summed E-state index contributed by atoms with van der Waals surface area (Å²) in [6.45, 7) is 7.21. The molecule has 4 nitrogen and oxygen atoms in total. The summed E-state index contributed by atoms with van der Waals surface area (Å²) in [6, 6.07) is 8.76. The molecule has 0 saturated heterocycles. The second-order valence-corrected chi connectivity index (χ2v) is 5.07. The van der Waals surface area contributed by atoms with Gasteiger partial charge in [-0.05, 0) is 18.1 Å². The fourth-order valence-corrected chi connectivity index (χ4v) is 1.91. The predicted octanol–water partition coefficient (Wildman–Crippen LogP) is 2.51. The monoisotopic (exact) mass is 259 g/mol. The molecular weight excluding hydrogens is 238 g/mol. The highest BCUT2D eigenvalue weighted by atomic mass is 16.5. The van der Waals surface area contributed by atoms with E-state index in [-0.39, 0.29) is 0 Å². The Bertz CT molecular complexity index is 520. The van der Waals surface area contributed by atoms with Crippen LogP contribution in [-0.4, -0.2) is 22.7 Å². The summed E-state index contributed by atoms with van der Waals surface area (Å²) in [5, 5.41) is 7.37. The molecule has 1 heterocycles. The number of aryl methyl sites for hydroxylation is 1. The largest absolute Gasteiger partial charge is 0.339 e. The number of benzene rings is 1.